The summed E-state index contributed by atoms with van der Waals surface area (Å²) >= 11 is 3.15. The van der Waals surface area contributed by atoms with Crippen molar-refractivity contribution in [3.63, 3.8) is 0 Å². The Hall–Kier alpha value is -1.16. The maximum atomic E-state index is 13.4. The van der Waals surface area contributed by atoms with E-state index < -0.39 is 11.7 Å². The summed E-state index contributed by atoms with van der Waals surface area (Å²) in [5.41, 5.74) is 1.15. The van der Waals surface area contributed by atoms with Crippen molar-refractivity contribution < 1.29 is 9.18 Å². The Balaban J connectivity index is 2.77. The number of halogens is 2. The molecular formula is C12H13BrFNO. The number of benzene rings is 1. The minimum absolute atomic E-state index is 0.0460. The lowest BCUT2D eigenvalue weighted by Gasteiger charge is -2.06. The Morgan fingerprint density at radius 3 is 2.75 bits per heavy atom. The van der Waals surface area contributed by atoms with E-state index >= 15 is 0 Å². The number of hydrogen-bond donors (Lipinski definition) is 1. The van der Waals surface area contributed by atoms with E-state index in [0.717, 1.165) is 5.57 Å². The Morgan fingerprint density at radius 2 is 2.19 bits per heavy atom. The quantitative estimate of drug-likeness (QED) is 0.849. The van der Waals surface area contributed by atoms with Crippen molar-refractivity contribution in [3.05, 3.63) is 45.7 Å². The SMILES string of the molecule is CC(C)=CCNC(=O)c1c(F)cccc1Br. The number of allylic oxidation sites excluding steroid dienone is 1. The fourth-order valence-corrected chi connectivity index (χ4v) is 1.67. The molecular weight excluding hydrogens is 273 g/mol. The van der Waals surface area contributed by atoms with Crippen LogP contribution in [0.2, 0.25) is 0 Å². The van der Waals surface area contributed by atoms with Crippen LogP contribution >= 0.6 is 15.9 Å². The van der Waals surface area contributed by atoms with Gasteiger partial charge in [0.05, 0.1) is 5.56 Å². The van der Waals surface area contributed by atoms with Crippen LogP contribution in [0.25, 0.3) is 0 Å². The molecule has 0 aromatic heterocycles. The minimum atomic E-state index is -0.524. The number of carbonyl (C=O) groups is 1. The molecule has 0 aliphatic carbocycles. The molecule has 0 saturated heterocycles. The third-order valence-electron chi connectivity index (χ3n) is 1.96. The first-order chi connectivity index (χ1) is 7.52. The Bertz CT molecular complexity index is 405. The van der Waals surface area contributed by atoms with Gasteiger partial charge in [0.2, 0.25) is 0 Å². The summed E-state index contributed by atoms with van der Waals surface area (Å²) in [4.78, 5) is 11.7. The third-order valence-corrected chi connectivity index (χ3v) is 2.62. The standard InChI is InChI=1S/C12H13BrFNO/c1-8(2)6-7-15-12(16)11-9(13)4-3-5-10(11)14/h3-6H,7H2,1-2H3,(H,15,16). The fraction of sp³-hybridized carbons (Fsp3) is 0.250. The summed E-state index contributed by atoms with van der Waals surface area (Å²) in [5.74, 6) is -0.938. The molecule has 1 aromatic carbocycles. The second-order valence-electron chi connectivity index (χ2n) is 3.59. The van der Waals surface area contributed by atoms with Gasteiger partial charge in [0.1, 0.15) is 5.82 Å². The van der Waals surface area contributed by atoms with Crippen LogP contribution in [-0.4, -0.2) is 12.5 Å². The van der Waals surface area contributed by atoms with Gasteiger partial charge in [0, 0.05) is 11.0 Å². The van der Waals surface area contributed by atoms with Crippen LogP contribution in [0.15, 0.2) is 34.3 Å². The molecule has 0 radical (unpaired) electrons. The van der Waals surface area contributed by atoms with Crippen molar-refractivity contribution in [2.75, 3.05) is 6.54 Å². The van der Waals surface area contributed by atoms with E-state index in [-0.39, 0.29) is 5.56 Å². The largest absolute Gasteiger partial charge is 0.348 e. The topological polar surface area (TPSA) is 29.1 Å². The highest BCUT2D eigenvalue weighted by Gasteiger charge is 2.13. The second-order valence-corrected chi connectivity index (χ2v) is 4.44. The van der Waals surface area contributed by atoms with Crippen molar-refractivity contribution in [1.82, 2.24) is 5.32 Å². The number of rotatable bonds is 3. The van der Waals surface area contributed by atoms with Gasteiger partial charge in [-0.25, -0.2) is 4.39 Å². The zero-order valence-corrected chi connectivity index (χ0v) is 10.8. The van der Waals surface area contributed by atoms with E-state index in [1.54, 1.807) is 12.1 Å². The van der Waals surface area contributed by atoms with Crippen LogP contribution in [-0.2, 0) is 0 Å². The lowest BCUT2D eigenvalue weighted by atomic mass is 10.2. The predicted octanol–water partition coefficient (Wildman–Crippen LogP) is 3.28. The van der Waals surface area contributed by atoms with E-state index in [0.29, 0.717) is 11.0 Å². The van der Waals surface area contributed by atoms with E-state index in [9.17, 15) is 9.18 Å². The van der Waals surface area contributed by atoms with Crippen molar-refractivity contribution in [2.24, 2.45) is 0 Å². The van der Waals surface area contributed by atoms with Crippen LogP contribution in [0.3, 0.4) is 0 Å². The lowest BCUT2D eigenvalue weighted by molar-refractivity contribution is 0.0953. The summed E-state index contributed by atoms with van der Waals surface area (Å²) in [6.07, 6.45) is 1.87. The molecule has 0 spiro atoms. The molecule has 4 heteroatoms. The Labute approximate surface area is 103 Å². The second kappa shape index (κ2) is 5.80. The molecule has 0 bridgehead atoms. The molecule has 86 valence electrons. The molecule has 0 saturated carbocycles. The average Bonchev–Trinajstić information content (AvgIpc) is 2.16. The number of amides is 1. The molecule has 0 unspecified atom stereocenters. The molecule has 0 atom stereocenters. The summed E-state index contributed by atoms with van der Waals surface area (Å²) in [6, 6.07) is 4.45. The molecule has 0 aliphatic heterocycles. The lowest BCUT2D eigenvalue weighted by Crippen LogP contribution is -2.24. The first kappa shape index (κ1) is 12.9. The Kier molecular flexibility index (Phi) is 4.68. The van der Waals surface area contributed by atoms with Crippen molar-refractivity contribution in [2.45, 2.75) is 13.8 Å². The van der Waals surface area contributed by atoms with E-state index in [1.165, 1.54) is 6.07 Å². The molecule has 2 nitrogen and oxygen atoms in total. The third kappa shape index (κ3) is 3.45. The van der Waals surface area contributed by atoms with Crippen LogP contribution < -0.4 is 5.32 Å². The molecule has 0 fully saturated rings. The van der Waals surface area contributed by atoms with Crippen molar-refractivity contribution in [3.8, 4) is 0 Å². The first-order valence-corrected chi connectivity index (χ1v) is 5.67. The summed E-state index contributed by atoms with van der Waals surface area (Å²) < 4.78 is 13.8. The van der Waals surface area contributed by atoms with Crippen LogP contribution in [0.5, 0.6) is 0 Å². The zero-order valence-electron chi connectivity index (χ0n) is 9.18. The van der Waals surface area contributed by atoms with Gasteiger partial charge in [-0.15, -0.1) is 0 Å². The minimum Gasteiger partial charge on any atom is -0.348 e. The van der Waals surface area contributed by atoms with E-state index in [1.807, 2.05) is 19.9 Å². The van der Waals surface area contributed by atoms with Gasteiger partial charge in [0.15, 0.2) is 0 Å². The maximum absolute atomic E-state index is 13.4. The smallest absolute Gasteiger partial charge is 0.255 e. The summed E-state index contributed by atoms with van der Waals surface area (Å²) in [6.45, 7) is 4.28. The van der Waals surface area contributed by atoms with Gasteiger partial charge in [0.25, 0.3) is 5.91 Å². The van der Waals surface area contributed by atoms with Crippen LogP contribution in [0, 0.1) is 5.82 Å². The normalized spacial score (nSPS) is 9.75. The molecule has 1 N–H and O–H groups in total. The van der Waals surface area contributed by atoms with Crippen LogP contribution in [0.4, 0.5) is 4.39 Å². The highest BCUT2D eigenvalue weighted by Crippen LogP contribution is 2.19. The number of hydrogen-bond acceptors (Lipinski definition) is 1. The van der Waals surface area contributed by atoms with E-state index in [2.05, 4.69) is 21.2 Å². The number of carbonyl (C=O) groups excluding carboxylic acids is 1. The first-order valence-electron chi connectivity index (χ1n) is 4.88. The highest BCUT2D eigenvalue weighted by atomic mass is 79.9. The Morgan fingerprint density at radius 1 is 1.50 bits per heavy atom. The van der Waals surface area contributed by atoms with Crippen molar-refractivity contribution >= 4 is 21.8 Å². The average molecular weight is 286 g/mol. The highest BCUT2D eigenvalue weighted by molar-refractivity contribution is 9.10. The predicted molar refractivity (Wildman–Crippen MR) is 65.9 cm³/mol. The molecule has 16 heavy (non-hydrogen) atoms. The summed E-state index contributed by atoms with van der Waals surface area (Å²) in [5, 5.41) is 2.63. The van der Waals surface area contributed by atoms with E-state index in [4.69, 9.17) is 0 Å². The van der Waals surface area contributed by atoms with Gasteiger partial charge >= 0.3 is 0 Å². The molecule has 1 aromatic rings. The van der Waals surface area contributed by atoms with Gasteiger partial charge < -0.3 is 5.32 Å². The maximum Gasteiger partial charge on any atom is 0.255 e. The van der Waals surface area contributed by atoms with Gasteiger partial charge in [-0.1, -0.05) is 17.7 Å². The van der Waals surface area contributed by atoms with Gasteiger partial charge in [-0.2, -0.15) is 0 Å². The monoisotopic (exact) mass is 285 g/mol. The number of nitrogens with one attached hydrogen (secondary N) is 1. The zero-order chi connectivity index (χ0) is 12.1. The molecule has 0 heterocycles. The van der Waals surface area contributed by atoms with Gasteiger partial charge in [-0.05, 0) is 41.9 Å². The van der Waals surface area contributed by atoms with Crippen molar-refractivity contribution in [1.29, 1.82) is 0 Å². The molecule has 0 aliphatic rings. The molecule has 1 amide bonds. The molecule has 1 rings (SSSR count). The fourth-order valence-electron chi connectivity index (χ4n) is 1.15. The summed E-state index contributed by atoms with van der Waals surface area (Å²) in [7, 11) is 0. The van der Waals surface area contributed by atoms with Gasteiger partial charge in [-0.3, -0.25) is 4.79 Å². The van der Waals surface area contributed by atoms with Crippen LogP contribution in [0.1, 0.15) is 24.2 Å².